The quantitative estimate of drug-likeness (QED) is 0.829. The lowest BCUT2D eigenvalue weighted by molar-refractivity contribution is -0.145. The van der Waals surface area contributed by atoms with Crippen molar-refractivity contribution in [3.05, 3.63) is 29.3 Å². The summed E-state index contributed by atoms with van der Waals surface area (Å²) < 4.78 is 10.1. The Morgan fingerprint density at radius 1 is 1.56 bits per heavy atom. The Hall–Kier alpha value is -1.55. The van der Waals surface area contributed by atoms with Crippen molar-refractivity contribution in [2.45, 2.75) is 25.9 Å². The molecule has 4 heteroatoms. The minimum Gasteiger partial charge on any atom is -0.493 e. The summed E-state index contributed by atoms with van der Waals surface area (Å²) in [4.78, 5) is 11.3. The number of aliphatic hydroxyl groups is 1. The van der Waals surface area contributed by atoms with Crippen molar-refractivity contribution >= 4 is 5.97 Å². The number of methoxy groups -OCH3 is 1. The first-order chi connectivity index (χ1) is 8.61. The van der Waals surface area contributed by atoms with Gasteiger partial charge in [0.2, 0.25) is 0 Å². The van der Waals surface area contributed by atoms with E-state index in [-0.39, 0.29) is 11.9 Å². The lowest BCUT2D eigenvalue weighted by Crippen LogP contribution is -2.16. The summed E-state index contributed by atoms with van der Waals surface area (Å²) in [5.41, 5.74) is 1.95. The zero-order valence-corrected chi connectivity index (χ0v) is 10.7. The third-order valence-corrected chi connectivity index (χ3v) is 3.28. The number of benzene rings is 1. The van der Waals surface area contributed by atoms with Gasteiger partial charge in [0.15, 0.2) is 0 Å². The molecule has 0 saturated carbocycles. The molecule has 2 unspecified atom stereocenters. The average molecular weight is 250 g/mol. The molecule has 98 valence electrons. The van der Waals surface area contributed by atoms with Gasteiger partial charge in [-0.2, -0.15) is 0 Å². The van der Waals surface area contributed by atoms with Gasteiger partial charge >= 0.3 is 5.97 Å². The van der Waals surface area contributed by atoms with Crippen molar-refractivity contribution in [2.24, 2.45) is 5.92 Å². The van der Waals surface area contributed by atoms with E-state index in [1.165, 1.54) is 7.11 Å². The summed E-state index contributed by atoms with van der Waals surface area (Å²) in [5.74, 6) is 0.292. The van der Waals surface area contributed by atoms with Crippen LogP contribution in [-0.4, -0.2) is 24.8 Å². The molecule has 4 nitrogen and oxygen atoms in total. The maximum absolute atomic E-state index is 11.3. The molecule has 0 amide bonds. The number of carbonyl (C=O) groups is 1. The number of esters is 1. The third-order valence-electron chi connectivity index (χ3n) is 3.28. The van der Waals surface area contributed by atoms with Crippen LogP contribution in [0.3, 0.4) is 0 Å². The van der Waals surface area contributed by atoms with E-state index in [0.29, 0.717) is 13.0 Å². The van der Waals surface area contributed by atoms with Crippen LogP contribution in [0.5, 0.6) is 5.75 Å². The van der Waals surface area contributed by atoms with Crippen molar-refractivity contribution in [2.75, 3.05) is 13.7 Å². The molecule has 18 heavy (non-hydrogen) atoms. The third kappa shape index (κ3) is 2.64. The zero-order valence-electron chi connectivity index (χ0n) is 10.7. The van der Waals surface area contributed by atoms with Crippen LogP contribution in [0.2, 0.25) is 0 Å². The zero-order chi connectivity index (χ0) is 13.1. The molecule has 0 spiro atoms. The van der Waals surface area contributed by atoms with Crippen LogP contribution in [-0.2, 0) is 16.0 Å². The maximum atomic E-state index is 11.3. The molecule has 0 radical (unpaired) electrons. The second-order valence-electron chi connectivity index (χ2n) is 4.64. The Morgan fingerprint density at radius 3 is 3.06 bits per heavy atom. The topological polar surface area (TPSA) is 55.8 Å². The van der Waals surface area contributed by atoms with Gasteiger partial charge < -0.3 is 14.6 Å². The predicted molar refractivity (Wildman–Crippen MR) is 66.4 cm³/mol. The molecule has 0 aliphatic carbocycles. The minimum atomic E-state index is -0.648. The van der Waals surface area contributed by atoms with Crippen molar-refractivity contribution < 1.29 is 19.4 Å². The van der Waals surface area contributed by atoms with Crippen molar-refractivity contribution in [1.82, 2.24) is 0 Å². The molecule has 1 aromatic rings. The van der Waals surface area contributed by atoms with Crippen molar-refractivity contribution in [1.29, 1.82) is 0 Å². The summed E-state index contributed by atoms with van der Waals surface area (Å²) >= 11 is 0. The number of ether oxygens (including phenoxy) is 2. The van der Waals surface area contributed by atoms with Crippen LogP contribution in [0.15, 0.2) is 18.2 Å². The van der Waals surface area contributed by atoms with Gasteiger partial charge in [-0.1, -0.05) is 13.0 Å². The standard InChI is InChI=1S/C14H18O4/c1-9(14(16)17-2)7-12(15)10-3-4-13-11(8-10)5-6-18-13/h3-4,8-9,12,15H,5-7H2,1-2H3. The van der Waals surface area contributed by atoms with E-state index in [0.717, 1.165) is 23.3 Å². The Morgan fingerprint density at radius 2 is 2.33 bits per heavy atom. The van der Waals surface area contributed by atoms with Gasteiger partial charge in [0.25, 0.3) is 0 Å². The molecule has 1 aromatic carbocycles. The predicted octanol–water partition coefficient (Wildman–Crippen LogP) is 1.85. The molecule has 1 heterocycles. The molecule has 1 N–H and O–H groups in total. The molecule has 1 aliphatic rings. The van der Waals surface area contributed by atoms with Crippen LogP contribution in [0.1, 0.15) is 30.6 Å². The van der Waals surface area contributed by atoms with Gasteiger partial charge in [0.1, 0.15) is 5.75 Å². The van der Waals surface area contributed by atoms with Crippen LogP contribution < -0.4 is 4.74 Å². The summed E-state index contributed by atoms with van der Waals surface area (Å²) in [6.45, 7) is 2.46. The number of rotatable bonds is 4. The minimum absolute atomic E-state index is 0.293. The van der Waals surface area contributed by atoms with E-state index in [1.807, 2.05) is 18.2 Å². The molecular formula is C14H18O4. The van der Waals surface area contributed by atoms with Crippen molar-refractivity contribution in [3.63, 3.8) is 0 Å². The second-order valence-corrected chi connectivity index (χ2v) is 4.64. The van der Waals surface area contributed by atoms with Crippen LogP contribution >= 0.6 is 0 Å². The van der Waals surface area contributed by atoms with Gasteiger partial charge in [-0.25, -0.2) is 0 Å². The highest BCUT2D eigenvalue weighted by Gasteiger charge is 2.21. The first-order valence-corrected chi connectivity index (χ1v) is 6.13. The Balaban J connectivity index is 2.05. The van der Waals surface area contributed by atoms with Gasteiger partial charge in [0, 0.05) is 6.42 Å². The summed E-state index contributed by atoms with van der Waals surface area (Å²) in [6, 6.07) is 5.68. The van der Waals surface area contributed by atoms with E-state index in [9.17, 15) is 9.90 Å². The summed E-state index contributed by atoms with van der Waals surface area (Å²) in [5, 5.41) is 10.1. The molecule has 1 aliphatic heterocycles. The second kappa shape index (κ2) is 5.40. The summed E-state index contributed by atoms with van der Waals surface area (Å²) in [6.07, 6.45) is 0.597. The van der Waals surface area contributed by atoms with Crippen molar-refractivity contribution in [3.8, 4) is 5.75 Å². The fourth-order valence-corrected chi connectivity index (χ4v) is 2.18. The number of hydrogen-bond acceptors (Lipinski definition) is 4. The number of hydrogen-bond donors (Lipinski definition) is 1. The van der Waals surface area contributed by atoms with E-state index in [2.05, 4.69) is 4.74 Å². The summed E-state index contributed by atoms with van der Waals surface area (Å²) in [7, 11) is 1.36. The molecule has 0 bridgehead atoms. The SMILES string of the molecule is COC(=O)C(C)CC(O)c1ccc2c(c1)CCO2. The molecule has 0 aromatic heterocycles. The van der Waals surface area contributed by atoms with E-state index >= 15 is 0 Å². The highest BCUT2D eigenvalue weighted by Crippen LogP contribution is 2.30. The van der Waals surface area contributed by atoms with E-state index < -0.39 is 6.10 Å². The number of fused-ring (bicyclic) bond motifs is 1. The maximum Gasteiger partial charge on any atom is 0.308 e. The van der Waals surface area contributed by atoms with E-state index in [4.69, 9.17) is 4.74 Å². The number of carbonyl (C=O) groups excluding carboxylic acids is 1. The molecule has 2 atom stereocenters. The smallest absolute Gasteiger partial charge is 0.308 e. The molecule has 2 rings (SSSR count). The lowest BCUT2D eigenvalue weighted by atomic mass is 9.96. The van der Waals surface area contributed by atoms with Crippen LogP contribution in [0.4, 0.5) is 0 Å². The largest absolute Gasteiger partial charge is 0.493 e. The van der Waals surface area contributed by atoms with Gasteiger partial charge in [0.05, 0.1) is 25.7 Å². The highest BCUT2D eigenvalue weighted by molar-refractivity contribution is 5.71. The fourth-order valence-electron chi connectivity index (χ4n) is 2.18. The molecule has 0 saturated heterocycles. The Kier molecular flexibility index (Phi) is 3.87. The first-order valence-electron chi connectivity index (χ1n) is 6.13. The Labute approximate surface area is 107 Å². The van der Waals surface area contributed by atoms with Gasteiger partial charge in [-0.15, -0.1) is 0 Å². The monoisotopic (exact) mass is 250 g/mol. The lowest BCUT2D eigenvalue weighted by Gasteiger charge is -2.15. The Bertz CT molecular complexity index is 441. The van der Waals surface area contributed by atoms with Gasteiger partial charge in [-0.3, -0.25) is 4.79 Å². The van der Waals surface area contributed by atoms with E-state index in [1.54, 1.807) is 6.92 Å². The fraction of sp³-hybridized carbons (Fsp3) is 0.500. The highest BCUT2D eigenvalue weighted by atomic mass is 16.5. The number of aliphatic hydroxyl groups excluding tert-OH is 1. The normalized spacial score (nSPS) is 16.6. The van der Waals surface area contributed by atoms with Crippen LogP contribution in [0, 0.1) is 5.92 Å². The molecule has 0 fully saturated rings. The first kappa shape index (κ1) is 12.9. The molecular weight excluding hydrogens is 232 g/mol. The average Bonchev–Trinajstić information content (AvgIpc) is 2.84. The van der Waals surface area contributed by atoms with Crippen LogP contribution in [0.25, 0.3) is 0 Å². The van der Waals surface area contributed by atoms with Gasteiger partial charge in [-0.05, 0) is 29.7 Å².